The number of rotatable bonds is 13. The van der Waals surface area contributed by atoms with Gasteiger partial charge in [-0.05, 0) is 79.4 Å². The maximum Gasteiger partial charge on any atom is 0.306 e. The van der Waals surface area contributed by atoms with Crippen LogP contribution in [0.5, 0.6) is 11.5 Å². The molecule has 0 aromatic heterocycles. The minimum atomic E-state index is -3.52. The van der Waals surface area contributed by atoms with Crippen LogP contribution < -0.4 is 14.4 Å². The van der Waals surface area contributed by atoms with Crippen LogP contribution >= 0.6 is 0 Å². The molecule has 4 aromatic rings. The maximum absolute atomic E-state index is 14.7. The molecule has 7 nitrogen and oxygen atoms in total. The van der Waals surface area contributed by atoms with Gasteiger partial charge in [0, 0.05) is 36.8 Å². The molecule has 0 radical (unpaired) electrons. The average molecular weight is 609 g/mol. The predicted octanol–water partition coefficient (Wildman–Crippen LogP) is 7.14. The largest absolute Gasteiger partial charge is 0.466 e. The molecule has 0 aliphatic heterocycles. The first kappa shape index (κ1) is 31.5. The number of nitrogens with one attached hydrogen (secondary N) is 1. The van der Waals surface area contributed by atoms with Crippen molar-refractivity contribution in [2.75, 3.05) is 22.5 Å². The van der Waals surface area contributed by atoms with Gasteiger partial charge in [0.15, 0.2) is 0 Å². The minimum Gasteiger partial charge on any atom is -0.466 e. The highest BCUT2D eigenvalue weighted by Gasteiger charge is 2.17. The molecule has 226 valence electrons. The Morgan fingerprint density at radius 3 is 2.14 bits per heavy atom. The third kappa shape index (κ3) is 9.27. The minimum absolute atomic E-state index is 0.121. The van der Waals surface area contributed by atoms with Crippen LogP contribution in [0.3, 0.4) is 0 Å². The zero-order chi connectivity index (χ0) is 31.0. The maximum atomic E-state index is 14.7. The van der Waals surface area contributed by atoms with Crippen LogP contribution in [0.2, 0.25) is 0 Å². The van der Waals surface area contributed by atoms with Crippen molar-refractivity contribution in [2.45, 2.75) is 39.8 Å². The fourth-order valence-electron chi connectivity index (χ4n) is 4.58. The number of halogens is 2. The number of nitrogens with zero attached hydrogens (tertiary/aromatic N) is 1. The monoisotopic (exact) mass is 608 g/mol. The van der Waals surface area contributed by atoms with E-state index >= 15 is 0 Å². The lowest BCUT2D eigenvalue weighted by Crippen LogP contribution is -2.24. The molecule has 43 heavy (non-hydrogen) atoms. The highest BCUT2D eigenvalue weighted by molar-refractivity contribution is 7.92. The Kier molecular flexibility index (Phi) is 10.4. The van der Waals surface area contributed by atoms with Gasteiger partial charge in [-0.25, -0.2) is 17.2 Å². The summed E-state index contributed by atoms with van der Waals surface area (Å²) in [6.45, 7) is 4.41. The van der Waals surface area contributed by atoms with E-state index in [1.807, 2.05) is 59.5 Å². The number of anilines is 2. The standard InChI is InChI=1S/C33H34F2N2O5S/c1-4-41-33(38)19-12-24-8-15-28(16-9-24)42-29-17-10-25(11-18-29)21-37(22-26-13-14-27(34)20-30(26)35)32-7-5-6-31(23(32)2)36-43(3,39)40/h5-11,13-18,20,36H,4,12,19,21-22H2,1-3H3. The van der Waals surface area contributed by atoms with E-state index in [2.05, 4.69) is 4.72 Å². The highest BCUT2D eigenvalue weighted by Crippen LogP contribution is 2.31. The van der Waals surface area contributed by atoms with E-state index in [9.17, 15) is 22.0 Å². The Morgan fingerprint density at radius 1 is 0.884 bits per heavy atom. The molecule has 0 saturated carbocycles. The number of benzene rings is 4. The summed E-state index contributed by atoms with van der Waals surface area (Å²) in [6.07, 6.45) is 1.98. The summed E-state index contributed by atoms with van der Waals surface area (Å²) in [5, 5.41) is 0. The lowest BCUT2D eigenvalue weighted by molar-refractivity contribution is -0.143. The number of hydrogen-bond acceptors (Lipinski definition) is 6. The zero-order valence-electron chi connectivity index (χ0n) is 24.3. The molecule has 10 heteroatoms. The first-order chi connectivity index (χ1) is 20.5. The van der Waals surface area contributed by atoms with E-state index in [1.165, 1.54) is 12.1 Å². The second-order valence-corrected chi connectivity index (χ2v) is 11.9. The molecule has 0 aliphatic rings. The molecule has 0 heterocycles. The number of carbonyl (C=O) groups is 1. The van der Waals surface area contributed by atoms with Crippen LogP contribution in [0.25, 0.3) is 0 Å². The van der Waals surface area contributed by atoms with Crippen molar-refractivity contribution < 1.29 is 31.5 Å². The molecule has 0 atom stereocenters. The van der Waals surface area contributed by atoms with Gasteiger partial charge >= 0.3 is 5.97 Å². The van der Waals surface area contributed by atoms with Crippen LogP contribution in [0.1, 0.15) is 35.6 Å². The first-order valence-corrected chi connectivity index (χ1v) is 15.7. The fourth-order valence-corrected chi connectivity index (χ4v) is 5.20. The van der Waals surface area contributed by atoms with E-state index in [4.69, 9.17) is 9.47 Å². The van der Waals surface area contributed by atoms with Crippen LogP contribution in [-0.2, 0) is 39.1 Å². The zero-order valence-corrected chi connectivity index (χ0v) is 25.1. The number of esters is 1. The lowest BCUT2D eigenvalue weighted by Gasteiger charge is -2.28. The molecule has 0 spiro atoms. The second-order valence-electron chi connectivity index (χ2n) is 10.1. The van der Waals surface area contributed by atoms with Gasteiger partial charge in [-0.3, -0.25) is 9.52 Å². The van der Waals surface area contributed by atoms with Gasteiger partial charge in [-0.15, -0.1) is 0 Å². The Morgan fingerprint density at radius 2 is 1.53 bits per heavy atom. The van der Waals surface area contributed by atoms with E-state index in [0.717, 1.165) is 23.4 Å². The average Bonchev–Trinajstić information content (AvgIpc) is 2.95. The first-order valence-electron chi connectivity index (χ1n) is 13.8. The van der Waals surface area contributed by atoms with Crippen LogP contribution in [0.4, 0.5) is 20.2 Å². The van der Waals surface area contributed by atoms with Gasteiger partial charge in [0.25, 0.3) is 0 Å². The summed E-state index contributed by atoms with van der Waals surface area (Å²) in [4.78, 5) is 13.5. The van der Waals surface area contributed by atoms with Crippen molar-refractivity contribution >= 4 is 27.4 Å². The van der Waals surface area contributed by atoms with Crippen molar-refractivity contribution in [2.24, 2.45) is 0 Å². The van der Waals surface area contributed by atoms with Crippen molar-refractivity contribution in [3.8, 4) is 11.5 Å². The van der Waals surface area contributed by atoms with Crippen molar-refractivity contribution in [3.63, 3.8) is 0 Å². The summed E-state index contributed by atoms with van der Waals surface area (Å²) < 4.78 is 65.6. The number of aryl methyl sites for hydroxylation is 1. The number of hydrogen-bond donors (Lipinski definition) is 1. The summed E-state index contributed by atoms with van der Waals surface area (Å²) in [5.41, 5.74) is 3.97. The normalized spacial score (nSPS) is 11.2. The molecule has 1 N–H and O–H groups in total. The fraction of sp³-hybridized carbons (Fsp3) is 0.242. The third-order valence-electron chi connectivity index (χ3n) is 6.70. The van der Waals surface area contributed by atoms with Crippen molar-refractivity contribution in [1.29, 1.82) is 0 Å². The molecule has 0 amide bonds. The molecule has 4 rings (SSSR count). The van der Waals surface area contributed by atoms with Gasteiger partial charge in [0.2, 0.25) is 10.0 Å². The van der Waals surface area contributed by atoms with E-state index in [1.54, 1.807) is 26.0 Å². The van der Waals surface area contributed by atoms with Gasteiger partial charge in [0.05, 0.1) is 18.6 Å². The van der Waals surface area contributed by atoms with E-state index in [-0.39, 0.29) is 12.5 Å². The molecule has 0 unspecified atom stereocenters. The molecule has 0 saturated heterocycles. The molecule has 0 fully saturated rings. The smallest absolute Gasteiger partial charge is 0.306 e. The lowest BCUT2D eigenvalue weighted by atomic mass is 10.1. The molecule has 0 aliphatic carbocycles. The summed E-state index contributed by atoms with van der Waals surface area (Å²) >= 11 is 0. The summed E-state index contributed by atoms with van der Waals surface area (Å²) in [5.74, 6) is -0.284. The Labute approximate surface area is 251 Å². The van der Waals surface area contributed by atoms with E-state index in [0.29, 0.717) is 60.0 Å². The molecular weight excluding hydrogens is 574 g/mol. The van der Waals surface area contributed by atoms with Crippen LogP contribution in [-0.4, -0.2) is 27.2 Å². The Bertz CT molecular complexity index is 1660. The number of sulfonamides is 1. The van der Waals surface area contributed by atoms with Gasteiger partial charge < -0.3 is 14.4 Å². The predicted molar refractivity (Wildman–Crippen MR) is 164 cm³/mol. The number of carbonyl (C=O) groups excluding carboxylic acids is 1. The molecular formula is C33H34F2N2O5S. The number of ether oxygens (including phenoxy) is 2. The Hall–Kier alpha value is -4.44. The van der Waals surface area contributed by atoms with Crippen molar-refractivity contribution in [3.05, 3.63) is 119 Å². The van der Waals surface area contributed by atoms with Crippen LogP contribution in [0.15, 0.2) is 84.9 Å². The molecule has 0 bridgehead atoms. The molecule has 4 aromatic carbocycles. The van der Waals surface area contributed by atoms with Crippen molar-refractivity contribution in [1.82, 2.24) is 0 Å². The topological polar surface area (TPSA) is 84.9 Å². The van der Waals surface area contributed by atoms with Crippen LogP contribution in [0, 0.1) is 18.6 Å². The van der Waals surface area contributed by atoms with Gasteiger partial charge in [0.1, 0.15) is 23.1 Å². The van der Waals surface area contributed by atoms with E-state index < -0.39 is 21.7 Å². The second kappa shape index (κ2) is 14.2. The van der Waals surface area contributed by atoms with Gasteiger partial charge in [-0.1, -0.05) is 36.4 Å². The van der Waals surface area contributed by atoms with Gasteiger partial charge in [-0.2, -0.15) is 0 Å². The third-order valence-corrected chi connectivity index (χ3v) is 7.29. The summed E-state index contributed by atoms with van der Waals surface area (Å²) in [7, 11) is -3.52. The SMILES string of the molecule is CCOC(=O)CCc1ccc(Oc2ccc(CN(Cc3ccc(F)cc3F)c3cccc(NS(C)(=O)=O)c3C)cc2)cc1. The quantitative estimate of drug-likeness (QED) is 0.163. The Balaban J connectivity index is 1.51. The summed E-state index contributed by atoms with van der Waals surface area (Å²) in [6, 6.07) is 23.6. The highest BCUT2D eigenvalue weighted by atomic mass is 32.2.